The molecule has 2 amide bonds. The number of hydrogen-bond acceptors (Lipinski definition) is 5. The number of benzene rings is 3. The molecule has 0 saturated carbocycles. The monoisotopic (exact) mass is 457 g/mol. The minimum absolute atomic E-state index is 0.176. The maximum atomic E-state index is 13.0. The van der Waals surface area contributed by atoms with E-state index in [0.29, 0.717) is 23.3 Å². The molecule has 0 aliphatic carbocycles. The number of nitrogens with zero attached hydrogens (tertiary/aromatic N) is 2. The van der Waals surface area contributed by atoms with Crippen LogP contribution in [-0.4, -0.2) is 54.2 Å². The van der Waals surface area contributed by atoms with Gasteiger partial charge in [-0.15, -0.1) is 0 Å². The largest absolute Gasteiger partial charge is 0.465 e. The lowest BCUT2D eigenvalue weighted by Crippen LogP contribution is -2.31. The van der Waals surface area contributed by atoms with E-state index in [9.17, 15) is 9.59 Å². The minimum Gasteiger partial charge on any atom is -0.465 e. The SMILES string of the molecule is Cc1cc(NC(=O)O)cc(Nc2c3ccccc3nc3c(C(=O)NCCN(C)C)cccc23)c1. The summed E-state index contributed by atoms with van der Waals surface area (Å²) >= 11 is 0. The molecule has 3 aromatic carbocycles. The molecule has 0 spiro atoms. The van der Waals surface area contributed by atoms with Crippen LogP contribution in [0.15, 0.2) is 60.7 Å². The van der Waals surface area contributed by atoms with Gasteiger partial charge in [-0.1, -0.05) is 30.3 Å². The van der Waals surface area contributed by atoms with Gasteiger partial charge in [-0.3, -0.25) is 10.1 Å². The van der Waals surface area contributed by atoms with Gasteiger partial charge in [0, 0.05) is 35.2 Å². The molecule has 4 aromatic rings. The summed E-state index contributed by atoms with van der Waals surface area (Å²) in [6.07, 6.45) is -1.12. The molecule has 0 saturated heterocycles. The number of para-hydroxylation sites is 2. The van der Waals surface area contributed by atoms with Crippen LogP contribution in [0.1, 0.15) is 15.9 Å². The minimum atomic E-state index is -1.12. The number of anilines is 3. The van der Waals surface area contributed by atoms with Crippen molar-refractivity contribution in [3.8, 4) is 0 Å². The van der Waals surface area contributed by atoms with Crippen LogP contribution < -0.4 is 16.0 Å². The van der Waals surface area contributed by atoms with E-state index in [-0.39, 0.29) is 5.91 Å². The van der Waals surface area contributed by atoms with E-state index >= 15 is 0 Å². The Hall–Kier alpha value is -4.17. The average Bonchev–Trinajstić information content (AvgIpc) is 2.77. The van der Waals surface area contributed by atoms with Crippen molar-refractivity contribution in [3.63, 3.8) is 0 Å². The number of aryl methyl sites for hydroxylation is 1. The smallest absolute Gasteiger partial charge is 0.409 e. The molecule has 0 atom stereocenters. The lowest BCUT2D eigenvalue weighted by Gasteiger charge is -2.16. The van der Waals surface area contributed by atoms with E-state index < -0.39 is 6.09 Å². The Morgan fingerprint density at radius 3 is 2.47 bits per heavy atom. The van der Waals surface area contributed by atoms with Gasteiger partial charge in [0.15, 0.2) is 0 Å². The second-order valence-corrected chi connectivity index (χ2v) is 8.41. The van der Waals surface area contributed by atoms with Crippen molar-refractivity contribution < 1.29 is 14.7 Å². The van der Waals surface area contributed by atoms with Gasteiger partial charge in [-0.25, -0.2) is 9.78 Å². The van der Waals surface area contributed by atoms with Gasteiger partial charge in [0.05, 0.1) is 22.3 Å². The fraction of sp³-hybridized carbons (Fsp3) is 0.192. The average molecular weight is 458 g/mol. The molecule has 0 radical (unpaired) electrons. The topological polar surface area (TPSA) is 107 Å². The van der Waals surface area contributed by atoms with Crippen LogP contribution in [0.2, 0.25) is 0 Å². The van der Waals surface area contributed by atoms with Gasteiger partial charge < -0.3 is 20.6 Å². The van der Waals surface area contributed by atoms with E-state index in [1.54, 1.807) is 18.2 Å². The number of hydrogen-bond donors (Lipinski definition) is 4. The fourth-order valence-electron chi connectivity index (χ4n) is 3.92. The summed E-state index contributed by atoms with van der Waals surface area (Å²) in [7, 11) is 3.91. The predicted molar refractivity (Wildman–Crippen MR) is 136 cm³/mol. The van der Waals surface area contributed by atoms with E-state index in [1.165, 1.54) is 0 Å². The van der Waals surface area contributed by atoms with Crippen molar-refractivity contribution in [3.05, 3.63) is 71.8 Å². The molecule has 0 fully saturated rings. The third kappa shape index (κ3) is 5.07. The molecule has 1 heterocycles. The van der Waals surface area contributed by atoms with Crippen LogP contribution in [0.4, 0.5) is 21.9 Å². The molecule has 0 aliphatic rings. The van der Waals surface area contributed by atoms with Crippen LogP contribution >= 0.6 is 0 Å². The lowest BCUT2D eigenvalue weighted by atomic mass is 10.0. The van der Waals surface area contributed by atoms with Gasteiger partial charge in [-0.05, 0) is 56.9 Å². The van der Waals surface area contributed by atoms with Gasteiger partial charge in [-0.2, -0.15) is 0 Å². The second kappa shape index (κ2) is 9.76. The molecule has 8 heteroatoms. The normalized spacial score (nSPS) is 11.1. The van der Waals surface area contributed by atoms with Crippen LogP contribution in [0.25, 0.3) is 21.8 Å². The van der Waals surface area contributed by atoms with Gasteiger partial charge >= 0.3 is 6.09 Å². The summed E-state index contributed by atoms with van der Waals surface area (Å²) in [6, 6.07) is 18.7. The maximum absolute atomic E-state index is 13.0. The molecular formula is C26H27N5O3. The summed E-state index contributed by atoms with van der Waals surface area (Å²) in [4.78, 5) is 30.9. The number of likely N-dealkylation sites (N-methyl/N-ethyl adjacent to an activating group) is 1. The number of amides is 2. The Balaban J connectivity index is 1.82. The molecule has 8 nitrogen and oxygen atoms in total. The first-order valence-corrected chi connectivity index (χ1v) is 10.9. The highest BCUT2D eigenvalue weighted by Gasteiger charge is 2.16. The van der Waals surface area contributed by atoms with Crippen molar-refractivity contribution in [2.45, 2.75) is 6.92 Å². The number of carboxylic acid groups (broad SMARTS) is 1. The Bertz CT molecular complexity index is 1380. The van der Waals surface area contributed by atoms with Crippen LogP contribution in [0, 0.1) is 6.92 Å². The van der Waals surface area contributed by atoms with E-state index in [4.69, 9.17) is 10.1 Å². The zero-order valence-electron chi connectivity index (χ0n) is 19.3. The third-order valence-electron chi connectivity index (χ3n) is 5.40. The van der Waals surface area contributed by atoms with Gasteiger partial charge in [0.25, 0.3) is 5.91 Å². The highest BCUT2D eigenvalue weighted by molar-refractivity contribution is 6.14. The van der Waals surface area contributed by atoms with Crippen molar-refractivity contribution in [1.82, 2.24) is 15.2 Å². The third-order valence-corrected chi connectivity index (χ3v) is 5.40. The number of fused-ring (bicyclic) bond motifs is 2. The summed E-state index contributed by atoms with van der Waals surface area (Å²) < 4.78 is 0. The number of nitrogens with one attached hydrogen (secondary N) is 3. The Morgan fingerprint density at radius 2 is 1.71 bits per heavy atom. The second-order valence-electron chi connectivity index (χ2n) is 8.41. The first kappa shape index (κ1) is 23.0. The van der Waals surface area contributed by atoms with Gasteiger partial charge in [0.2, 0.25) is 0 Å². The molecule has 0 aliphatic heterocycles. The number of carbonyl (C=O) groups excluding carboxylic acids is 1. The number of pyridine rings is 1. The molecule has 1 aromatic heterocycles. The zero-order chi connectivity index (χ0) is 24.2. The van der Waals surface area contributed by atoms with Crippen molar-refractivity contribution in [1.29, 1.82) is 0 Å². The quantitative estimate of drug-likeness (QED) is 0.297. The molecule has 4 N–H and O–H groups in total. The van der Waals surface area contributed by atoms with Crippen molar-refractivity contribution >= 4 is 50.9 Å². The number of carbonyl (C=O) groups is 2. The summed E-state index contributed by atoms with van der Waals surface area (Å²) in [5.41, 5.74) is 4.75. The number of aromatic nitrogens is 1. The predicted octanol–water partition coefficient (Wildman–Crippen LogP) is 4.82. The summed E-state index contributed by atoms with van der Waals surface area (Å²) in [5.74, 6) is -0.176. The Morgan fingerprint density at radius 1 is 0.971 bits per heavy atom. The molecule has 174 valence electrons. The maximum Gasteiger partial charge on any atom is 0.409 e. The van der Waals surface area contributed by atoms with E-state index in [0.717, 1.165) is 39.8 Å². The Kier molecular flexibility index (Phi) is 6.60. The lowest BCUT2D eigenvalue weighted by molar-refractivity contribution is 0.0952. The first-order valence-electron chi connectivity index (χ1n) is 10.9. The summed E-state index contributed by atoms with van der Waals surface area (Å²) in [5, 5.41) is 19.6. The van der Waals surface area contributed by atoms with Crippen molar-refractivity contribution in [2.24, 2.45) is 0 Å². The molecule has 0 bridgehead atoms. The fourth-order valence-corrected chi connectivity index (χ4v) is 3.92. The molecule has 34 heavy (non-hydrogen) atoms. The number of rotatable bonds is 7. The molecular weight excluding hydrogens is 430 g/mol. The van der Waals surface area contributed by atoms with Gasteiger partial charge in [0.1, 0.15) is 0 Å². The van der Waals surface area contributed by atoms with Crippen LogP contribution in [0.3, 0.4) is 0 Å². The summed E-state index contributed by atoms with van der Waals surface area (Å²) in [6.45, 7) is 3.17. The van der Waals surface area contributed by atoms with E-state index in [2.05, 4.69) is 16.0 Å². The highest BCUT2D eigenvalue weighted by Crippen LogP contribution is 2.35. The van der Waals surface area contributed by atoms with Crippen LogP contribution in [0.5, 0.6) is 0 Å². The molecule has 0 unspecified atom stereocenters. The Labute approximate surface area is 197 Å². The zero-order valence-corrected chi connectivity index (χ0v) is 19.3. The first-order chi connectivity index (χ1) is 16.3. The van der Waals surface area contributed by atoms with Crippen molar-refractivity contribution in [2.75, 3.05) is 37.8 Å². The standard InChI is InChI=1S/C26H27N5O3/c1-16-13-17(15-18(14-16)29-26(33)34)28-23-19-7-4-5-10-22(19)30-24-20(23)8-6-9-21(24)25(32)27-11-12-31(2)3/h4-10,13-15,29H,11-12H2,1-3H3,(H,27,32)(H,28,30)(H,33,34). The van der Waals surface area contributed by atoms with Crippen LogP contribution in [-0.2, 0) is 0 Å². The highest BCUT2D eigenvalue weighted by atomic mass is 16.4. The van der Waals surface area contributed by atoms with E-state index in [1.807, 2.05) is 68.4 Å². The molecule has 4 rings (SSSR count).